The Hall–Kier alpha value is -1.84. The summed E-state index contributed by atoms with van der Waals surface area (Å²) in [5.41, 5.74) is 0.952. The molecule has 112 valence electrons. The van der Waals surface area contributed by atoms with Gasteiger partial charge in [-0.1, -0.05) is 30.3 Å². The summed E-state index contributed by atoms with van der Waals surface area (Å²) < 4.78 is 6.57. The van der Waals surface area contributed by atoms with Crippen LogP contribution in [0.1, 0.15) is 24.3 Å². The smallest absolute Gasteiger partial charge is 0.262 e. The van der Waals surface area contributed by atoms with Gasteiger partial charge in [0, 0.05) is 6.08 Å². The van der Waals surface area contributed by atoms with Crippen molar-refractivity contribution in [3.8, 4) is 6.07 Å². The molecule has 0 aliphatic rings. The van der Waals surface area contributed by atoms with Gasteiger partial charge in [-0.3, -0.25) is 4.79 Å². The maximum Gasteiger partial charge on any atom is 0.262 e. The standard InChI is InChI=1S/C16H12Br2N2O2/c1-10(11-5-3-2-4-6-11)20-16(21)12(9-19)7-13-8-14(17)15(18)22-13/h2-8,10H,1H3,(H,20,21)/b12-7-/t10-/m0/s1. The van der Waals surface area contributed by atoms with Crippen LogP contribution >= 0.6 is 31.9 Å². The summed E-state index contributed by atoms with van der Waals surface area (Å²) in [5.74, 6) is -0.0275. The predicted octanol–water partition coefficient (Wildman–Crippen LogP) is 4.59. The fourth-order valence-electron chi connectivity index (χ4n) is 1.82. The lowest BCUT2D eigenvalue weighted by Crippen LogP contribution is -2.27. The Balaban J connectivity index is 2.14. The van der Waals surface area contributed by atoms with Gasteiger partial charge >= 0.3 is 0 Å². The molecule has 2 rings (SSSR count). The molecule has 6 heteroatoms. The van der Waals surface area contributed by atoms with Gasteiger partial charge in [-0.2, -0.15) is 5.26 Å². The number of furan rings is 1. The lowest BCUT2D eigenvalue weighted by Gasteiger charge is -2.13. The minimum Gasteiger partial charge on any atom is -0.449 e. The number of nitrogens with one attached hydrogen (secondary N) is 1. The molecule has 1 aromatic carbocycles. The van der Waals surface area contributed by atoms with Crippen LogP contribution in [0.3, 0.4) is 0 Å². The van der Waals surface area contributed by atoms with E-state index in [4.69, 9.17) is 4.42 Å². The highest BCUT2D eigenvalue weighted by Crippen LogP contribution is 2.28. The van der Waals surface area contributed by atoms with Crippen molar-refractivity contribution in [2.45, 2.75) is 13.0 Å². The van der Waals surface area contributed by atoms with E-state index in [1.165, 1.54) is 6.08 Å². The highest BCUT2D eigenvalue weighted by molar-refractivity contribution is 9.13. The van der Waals surface area contributed by atoms with Crippen molar-refractivity contribution in [2.75, 3.05) is 0 Å². The predicted molar refractivity (Wildman–Crippen MR) is 90.7 cm³/mol. The molecular formula is C16H12Br2N2O2. The van der Waals surface area contributed by atoms with Crippen molar-refractivity contribution in [3.63, 3.8) is 0 Å². The molecule has 0 fully saturated rings. The van der Waals surface area contributed by atoms with E-state index in [9.17, 15) is 10.1 Å². The third kappa shape index (κ3) is 4.09. The minimum absolute atomic E-state index is 0.0171. The largest absolute Gasteiger partial charge is 0.449 e. The van der Waals surface area contributed by atoms with Gasteiger partial charge in [-0.05, 0) is 50.4 Å². The first kappa shape index (κ1) is 16.5. The second-order valence-corrected chi connectivity index (χ2v) is 6.12. The number of amides is 1. The first-order valence-electron chi connectivity index (χ1n) is 6.43. The Morgan fingerprint density at radius 1 is 1.36 bits per heavy atom. The average Bonchev–Trinajstić information content (AvgIpc) is 2.83. The highest BCUT2D eigenvalue weighted by Gasteiger charge is 2.15. The maximum atomic E-state index is 12.2. The molecule has 2 aromatic rings. The van der Waals surface area contributed by atoms with Gasteiger partial charge in [0.2, 0.25) is 0 Å². The van der Waals surface area contributed by atoms with Crippen LogP contribution in [0, 0.1) is 11.3 Å². The SMILES string of the molecule is C[C@H](NC(=O)/C(C#N)=C\c1cc(Br)c(Br)o1)c1ccccc1. The Bertz CT molecular complexity index is 726. The van der Waals surface area contributed by atoms with Crippen molar-refractivity contribution in [2.24, 2.45) is 0 Å². The molecule has 0 spiro atoms. The van der Waals surface area contributed by atoms with Crippen LogP contribution in [0.25, 0.3) is 6.08 Å². The van der Waals surface area contributed by atoms with Gasteiger partial charge in [0.1, 0.15) is 17.4 Å². The second-order valence-electron chi connectivity index (χ2n) is 4.55. The van der Waals surface area contributed by atoms with Crippen LogP contribution < -0.4 is 5.32 Å². The van der Waals surface area contributed by atoms with Crippen LogP contribution in [-0.2, 0) is 4.79 Å². The maximum absolute atomic E-state index is 12.2. The van der Waals surface area contributed by atoms with Gasteiger partial charge in [0.15, 0.2) is 4.67 Å². The number of nitrogens with zero attached hydrogens (tertiary/aromatic N) is 1. The van der Waals surface area contributed by atoms with Gasteiger partial charge in [-0.25, -0.2) is 0 Å². The number of hydrogen-bond acceptors (Lipinski definition) is 3. The molecular weight excluding hydrogens is 412 g/mol. The highest BCUT2D eigenvalue weighted by atomic mass is 79.9. The Kier molecular flexibility index (Phi) is 5.58. The van der Waals surface area contributed by atoms with Crippen molar-refractivity contribution in [3.05, 3.63) is 62.4 Å². The average molecular weight is 424 g/mol. The quantitative estimate of drug-likeness (QED) is 0.577. The van der Waals surface area contributed by atoms with Crippen molar-refractivity contribution in [1.82, 2.24) is 5.32 Å². The van der Waals surface area contributed by atoms with Crippen LogP contribution in [0.5, 0.6) is 0 Å². The molecule has 0 unspecified atom stereocenters. The summed E-state index contributed by atoms with van der Waals surface area (Å²) in [5, 5.41) is 12.0. The number of carbonyl (C=O) groups excluding carboxylic acids is 1. The lowest BCUT2D eigenvalue weighted by atomic mass is 10.1. The summed E-state index contributed by atoms with van der Waals surface area (Å²) in [6.07, 6.45) is 1.41. The van der Waals surface area contributed by atoms with Crippen molar-refractivity contribution < 1.29 is 9.21 Å². The third-order valence-electron chi connectivity index (χ3n) is 2.96. The molecule has 0 radical (unpaired) electrons. The van der Waals surface area contributed by atoms with Gasteiger partial charge in [-0.15, -0.1) is 0 Å². The van der Waals surface area contributed by atoms with E-state index >= 15 is 0 Å². The Labute approximate surface area is 145 Å². The summed E-state index contributed by atoms with van der Waals surface area (Å²) in [6.45, 7) is 1.86. The lowest BCUT2D eigenvalue weighted by molar-refractivity contribution is -0.117. The van der Waals surface area contributed by atoms with E-state index in [2.05, 4.69) is 37.2 Å². The third-order valence-corrected chi connectivity index (χ3v) is 4.67. The molecule has 1 N–H and O–H groups in total. The fourth-order valence-corrected chi connectivity index (χ4v) is 2.43. The Morgan fingerprint density at radius 3 is 2.59 bits per heavy atom. The second kappa shape index (κ2) is 7.43. The van der Waals surface area contributed by atoms with E-state index in [1.807, 2.05) is 43.3 Å². The van der Waals surface area contributed by atoms with Crippen molar-refractivity contribution in [1.29, 1.82) is 5.26 Å². The van der Waals surface area contributed by atoms with E-state index in [1.54, 1.807) is 6.07 Å². The van der Waals surface area contributed by atoms with E-state index in [-0.39, 0.29) is 11.6 Å². The molecule has 0 bridgehead atoms. The molecule has 0 saturated heterocycles. The minimum atomic E-state index is -0.442. The van der Waals surface area contributed by atoms with Gasteiger partial charge in [0.25, 0.3) is 5.91 Å². The molecule has 1 heterocycles. The van der Waals surface area contributed by atoms with E-state index < -0.39 is 5.91 Å². The number of carbonyl (C=O) groups is 1. The molecule has 1 amide bonds. The first-order chi connectivity index (χ1) is 10.5. The molecule has 0 aliphatic carbocycles. The zero-order valence-corrected chi connectivity index (χ0v) is 14.8. The van der Waals surface area contributed by atoms with E-state index in [0.29, 0.717) is 14.9 Å². The Morgan fingerprint density at radius 2 is 2.05 bits per heavy atom. The van der Waals surface area contributed by atoms with Crippen LogP contribution in [-0.4, -0.2) is 5.91 Å². The number of rotatable bonds is 4. The fraction of sp³-hybridized carbons (Fsp3) is 0.125. The summed E-state index contributed by atoms with van der Waals surface area (Å²) in [7, 11) is 0. The molecule has 0 aliphatic heterocycles. The molecule has 1 aromatic heterocycles. The zero-order chi connectivity index (χ0) is 16.1. The number of benzene rings is 1. The van der Waals surface area contributed by atoms with Crippen molar-refractivity contribution >= 4 is 43.8 Å². The summed E-state index contributed by atoms with van der Waals surface area (Å²) >= 11 is 6.49. The summed E-state index contributed by atoms with van der Waals surface area (Å²) in [4.78, 5) is 12.2. The number of nitriles is 1. The normalized spacial score (nSPS) is 12.5. The zero-order valence-electron chi connectivity index (χ0n) is 11.6. The van der Waals surface area contributed by atoms with Crippen LogP contribution in [0.4, 0.5) is 0 Å². The topological polar surface area (TPSA) is 66.0 Å². The first-order valence-corrected chi connectivity index (χ1v) is 8.02. The van der Waals surface area contributed by atoms with Crippen LogP contribution in [0.15, 0.2) is 55.5 Å². The molecule has 4 nitrogen and oxygen atoms in total. The van der Waals surface area contributed by atoms with Gasteiger partial charge < -0.3 is 9.73 Å². The van der Waals surface area contributed by atoms with Gasteiger partial charge in [0.05, 0.1) is 10.5 Å². The number of hydrogen-bond donors (Lipinski definition) is 1. The van der Waals surface area contributed by atoms with E-state index in [0.717, 1.165) is 5.56 Å². The molecule has 1 atom stereocenters. The number of halogens is 2. The van der Waals surface area contributed by atoms with Crippen LogP contribution in [0.2, 0.25) is 0 Å². The molecule has 22 heavy (non-hydrogen) atoms. The monoisotopic (exact) mass is 422 g/mol. The molecule has 0 saturated carbocycles. The summed E-state index contributed by atoms with van der Waals surface area (Å²) in [6, 6.07) is 12.9.